The minimum atomic E-state index is -0.0356. The summed E-state index contributed by atoms with van der Waals surface area (Å²) >= 11 is 5.67. The molecule has 0 fully saturated rings. The highest BCUT2D eigenvalue weighted by Gasteiger charge is 2.05. The molecule has 3 heteroatoms. The Morgan fingerprint density at radius 2 is 2.25 bits per heavy atom. The molecule has 0 aliphatic heterocycles. The van der Waals surface area contributed by atoms with E-state index in [1.807, 2.05) is 18.2 Å². The SMILES string of the molecule is COc1cccc(CCl)c1CO. The predicted octanol–water partition coefficient (Wildman–Crippen LogP) is 1.93. The molecule has 1 aromatic carbocycles. The highest BCUT2D eigenvalue weighted by molar-refractivity contribution is 6.17. The second-order valence-corrected chi connectivity index (χ2v) is 2.66. The maximum atomic E-state index is 9.02. The molecule has 1 N–H and O–H groups in total. The summed E-state index contributed by atoms with van der Waals surface area (Å²) in [6, 6.07) is 5.54. The van der Waals surface area contributed by atoms with Crippen LogP contribution in [0.15, 0.2) is 18.2 Å². The number of aliphatic hydroxyl groups is 1. The number of methoxy groups -OCH3 is 1. The van der Waals surface area contributed by atoms with Gasteiger partial charge in [-0.1, -0.05) is 12.1 Å². The molecule has 0 unspecified atom stereocenters. The van der Waals surface area contributed by atoms with Crippen molar-refractivity contribution in [2.45, 2.75) is 12.5 Å². The van der Waals surface area contributed by atoms with Crippen molar-refractivity contribution in [2.75, 3.05) is 7.11 Å². The van der Waals surface area contributed by atoms with Crippen molar-refractivity contribution in [3.8, 4) is 5.75 Å². The summed E-state index contributed by atoms with van der Waals surface area (Å²) in [4.78, 5) is 0. The second kappa shape index (κ2) is 4.33. The summed E-state index contributed by atoms with van der Waals surface area (Å²) in [6.07, 6.45) is 0. The van der Waals surface area contributed by atoms with E-state index < -0.39 is 0 Å². The first-order chi connectivity index (χ1) is 5.83. The van der Waals surface area contributed by atoms with E-state index in [4.69, 9.17) is 21.4 Å². The minimum absolute atomic E-state index is 0.0356. The lowest BCUT2D eigenvalue weighted by Gasteiger charge is -2.09. The van der Waals surface area contributed by atoms with Crippen LogP contribution in [0.4, 0.5) is 0 Å². The summed E-state index contributed by atoms with van der Waals surface area (Å²) in [5, 5.41) is 9.02. The first-order valence-electron chi connectivity index (χ1n) is 3.65. The molecule has 2 nitrogen and oxygen atoms in total. The normalized spacial score (nSPS) is 9.92. The lowest BCUT2D eigenvalue weighted by atomic mass is 10.1. The van der Waals surface area contributed by atoms with Gasteiger partial charge in [0.15, 0.2) is 0 Å². The molecule has 0 saturated heterocycles. The molecular formula is C9H11ClO2. The van der Waals surface area contributed by atoms with Gasteiger partial charge in [-0.2, -0.15) is 0 Å². The smallest absolute Gasteiger partial charge is 0.124 e. The zero-order valence-electron chi connectivity index (χ0n) is 6.88. The monoisotopic (exact) mass is 186 g/mol. The van der Waals surface area contributed by atoms with Crippen LogP contribution < -0.4 is 4.74 Å². The Labute approximate surface area is 76.7 Å². The second-order valence-electron chi connectivity index (χ2n) is 2.39. The number of aliphatic hydroxyl groups excluding tert-OH is 1. The van der Waals surface area contributed by atoms with Crippen LogP contribution >= 0.6 is 11.6 Å². The molecule has 0 bridgehead atoms. The summed E-state index contributed by atoms with van der Waals surface area (Å²) in [5.41, 5.74) is 1.69. The average Bonchev–Trinajstić information content (AvgIpc) is 2.16. The number of rotatable bonds is 3. The molecule has 0 atom stereocenters. The minimum Gasteiger partial charge on any atom is -0.496 e. The Kier molecular flexibility index (Phi) is 3.38. The predicted molar refractivity (Wildman–Crippen MR) is 48.5 cm³/mol. The molecule has 12 heavy (non-hydrogen) atoms. The molecule has 0 radical (unpaired) electrons. The number of benzene rings is 1. The van der Waals surface area contributed by atoms with Crippen LogP contribution in [0.3, 0.4) is 0 Å². The van der Waals surface area contributed by atoms with Crippen molar-refractivity contribution in [1.29, 1.82) is 0 Å². The van der Waals surface area contributed by atoms with Crippen molar-refractivity contribution in [2.24, 2.45) is 0 Å². The van der Waals surface area contributed by atoms with Gasteiger partial charge in [0.05, 0.1) is 13.7 Å². The van der Waals surface area contributed by atoms with Crippen molar-refractivity contribution < 1.29 is 9.84 Å². The van der Waals surface area contributed by atoms with E-state index >= 15 is 0 Å². The van der Waals surface area contributed by atoms with Gasteiger partial charge in [0.2, 0.25) is 0 Å². The van der Waals surface area contributed by atoms with Gasteiger partial charge in [0.1, 0.15) is 5.75 Å². The van der Waals surface area contributed by atoms with E-state index in [2.05, 4.69) is 0 Å². The van der Waals surface area contributed by atoms with E-state index in [-0.39, 0.29) is 6.61 Å². The maximum Gasteiger partial charge on any atom is 0.124 e. The molecule has 0 aliphatic carbocycles. The van der Waals surface area contributed by atoms with E-state index in [0.29, 0.717) is 11.6 Å². The average molecular weight is 187 g/mol. The van der Waals surface area contributed by atoms with E-state index in [9.17, 15) is 0 Å². The zero-order chi connectivity index (χ0) is 8.97. The third-order valence-electron chi connectivity index (χ3n) is 1.75. The quantitative estimate of drug-likeness (QED) is 0.731. The van der Waals surface area contributed by atoms with Crippen LogP contribution in [0.1, 0.15) is 11.1 Å². The van der Waals surface area contributed by atoms with Crippen LogP contribution in [0.5, 0.6) is 5.75 Å². The first kappa shape index (κ1) is 9.36. The molecule has 0 amide bonds. The fraction of sp³-hybridized carbons (Fsp3) is 0.333. The third-order valence-corrected chi connectivity index (χ3v) is 2.04. The van der Waals surface area contributed by atoms with Crippen LogP contribution in [-0.4, -0.2) is 12.2 Å². The Morgan fingerprint density at radius 1 is 1.50 bits per heavy atom. The van der Waals surface area contributed by atoms with Crippen LogP contribution in [-0.2, 0) is 12.5 Å². The maximum absolute atomic E-state index is 9.02. The highest BCUT2D eigenvalue weighted by Crippen LogP contribution is 2.23. The van der Waals surface area contributed by atoms with Crippen molar-refractivity contribution in [1.82, 2.24) is 0 Å². The molecule has 1 aromatic rings. The fourth-order valence-electron chi connectivity index (χ4n) is 1.11. The van der Waals surface area contributed by atoms with Crippen molar-refractivity contribution >= 4 is 11.6 Å². The topological polar surface area (TPSA) is 29.5 Å². The third kappa shape index (κ3) is 1.71. The standard InChI is InChI=1S/C9H11ClO2/c1-12-9-4-2-3-7(5-10)8(9)6-11/h2-4,11H,5-6H2,1H3. The molecule has 0 aliphatic rings. The molecule has 66 valence electrons. The van der Waals surface area contributed by atoms with Crippen molar-refractivity contribution in [3.05, 3.63) is 29.3 Å². The molecule has 0 heterocycles. The summed E-state index contributed by atoms with van der Waals surface area (Å²) in [6.45, 7) is -0.0356. The van der Waals surface area contributed by atoms with Crippen LogP contribution in [0, 0.1) is 0 Å². The Hall–Kier alpha value is -0.730. The zero-order valence-corrected chi connectivity index (χ0v) is 7.64. The Morgan fingerprint density at radius 3 is 2.75 bits per heavy atom. The van der Waals surface area contributed by atoms with E-state index in [1.54, 1.807) is 7.11 Å². The molecule has 0 spiro atoms. The largest absolute Gasteiger partial charge is 0.496 e. The van der Waals surface area contributed by atoms with Crippen molar-refractivity contribution in [3.63, 3.8) is 0 Å². The van der Waals surface area contributed by atoms with Gasteiger partial charge in [0.25, 0.3) is 0 Å². The van der Waals surface area contributed by atoms with Gasteiger partial charge >= 0.3 is 0 Å². The fourth-order valence-corrected chi connectivity index (χ4v) is 1.36. The summed E-state index contributed by atoms with van der Waals surface area (Å²) in [7, 11) is 1.58. The summed E-state index contributed by atoms with van der Waals surface area (Å²) < 4.78 is 5.06. The number of halogens is 1. The number of ether oxygens (including phenoxy) is 1. The van der Waals surface area contributed by atoms with Gasteiger partial charge in [-0.05, 0) is 11.6 Å². The first-order valence-corrected chi connectivity index (χ1v) is 4.18. The van der Waals surface area contributed by atoms with Gasteiger partial charge in [-0.25, -0.2) is 0 Å². The van der Waals surface area contributed by atoms with Gasteiger partial charge in [0, 0.05) is 11.4 Å². The Balaban J connectivity index is 3.13. The molecule has 0 saturated carbocycles. The van der Waals surface area contributed by atoms with E-state index in [1.165, 1.54) is 0 Å². The Bertz CT molecular complexity index is 238. The van der Waals surface area contributed by atoms with Crippen LogP contribution in [0.2, 0.25) is 0 Å². The highest BCUT2D eigenvalue weighted by atomic mass is 35.5. The lowest BCUT2D eigenvalue weighted by Crippen LogP contribution is -1.96. The molecule has 1 rings (SSSR count). The molecular weight excluding hydrogens is 176 g/mol. The number of hydrogen-bond donors (Lipinski definition) is 1. The van der Waals surface area contributed by atoms with Crippen LogP contribution in [0.25, 0.3) is 0 Å². The number of alkyl halides is 1. The lowest BCUT2D eigenvalue weighted by molar-refractivity contribution is 0.273. The van der Waals surface area contributed by atoms with Gasteiger partial charge < -0.3 is 9.84 Å². The van der Waals surface area contributed by atoms with E-state index in [0.717, 1.165) is 11.1 Å². The number of hydrogen-bond acceptors (Lipinski definition) is 2. The summed E-state index contributed by atoms with van der Waals surface area (Å²) in [5.74, 6) is 1.09. The molecule has 0 aromatic heterocycles. The van der Waals surface area contributed by atoms with Gasteiger partial charge in [-0.3, -0.25) is 0 Å². The van der Waals surface area contributed by atoms with Gasteiger partial charge in [-0.15, -0.1) is 11.6 Å².